The Kier molecular flexibility index (Phi) is 7.32. The number of benzene rings is 3. The third-order valence-electron chi connectivity index (χ3n) is 6.28. The number of fused-ring (bicyclic) bond motifs is 2. The van der Waals surface area contributed by atoms with E-state index in [-0.39, 0.29) is 25.3 Å². The van der Waals surface area contributed by atoms with Crippen molar-refractivity contribution in [2.45, 2.75) is 24.6 Å². The molecule has 2 heterocycles. The van der Waals surface area contributed by atoms with Crippen LogP contribution in [0.15, 0.2) is 72.8 Å². The molecular weight excluding hydrogens is 557 g/mol. The molecule has 0 bridgehead atoms. The van der Waals surface area contributed by atoms with Crippen molar-refractivity contribution in [2.24, 2.45) is 5.92 Å². The molecule has 7 nitrogen and oxygen atoms in total. The number of ether oxygens (including phenoxy) is 2. The van der Waals surface area contributed by atoms with Crippen LogP contribution in [0.25, 0.3) is 10.9 Å². The summed E-state index contributed by atoms with van der Waals surface area (Å²) in [7, 11) is -5.54. The minimum atomic E-state index is -5.54. The Bertz CT molecular complexity index is 1630. The van der Waals surface area contributed by atoms with Crippen molar-refractivity contribution in [1.29, 1.82) is 0 Å². The van der Waals surface area contributed by atoms with Gasteiger partial charge in [0.2, 0.25) is 0 Å². The third-order valence-corrected chi connectivity index (χ3v) is 7.63. The Morgan fingerprint density at radius 1 is 1.08 bits per heavy atom. The smallest absolute Gasteiger partial charge is 0.493 e. The first-order valence-electron chi connectivity index (χ1n) is 11.8. The average Bonchev–Trinajstić information content (AvgIpc) is 2.88. The van der Waals surface area contributed by atoms with Crippen LogP contribution in [-0.4, -0.2) is 30.6 Å². The summed E-state index contributed by atoms with van der Waals surface area (Å²) >= 11 is 6.06. The van der Waals surface area contributed by atoms with Crippen LogP contribution >= 0.6 is 11.6 Å². The van der Waals surface area contributed by atoms with E-state index in [4.69, 9.17) is 21.1 Å². The lowest BCUT2D eigenvalue weighted by molar-refractivity contribution is -0.0429. The van der Waals surface area contributed by atoms with Gasteiger partial charge in [-0.25, -0.2) is 4.98 Å². The van der Waals surface area contributed by atoms with E-state index in [0.29, 0.717) is 33.3 Å². The van der Waals surface area contributed by atoms with Gasteiger partial charge in [0.25, 0.3) is 0 Å². The highest BCUT2D eigenvalue weighted by Crippen LogP contribution is 2.39. The fraction of sp³-hybridized carbons (Fsp3) is 0.222. The Hall–Kier alpha value is -3.54. The molecule has 4 aromatic rings. The lowest BCUT2D eigenvalue weighted by Crippen LogP contribution is -2.30. The maximum atomic E-state index is 12.7. The molecule has 2 N–H and O–H groups in total. The molecule has 0 spiro atoms. The quantitative estimate of drug-likeness (QED) is 0.279. The molecule has 5 rings (SSSR count). The van der Waals surface area contributed by atoms with Crippen molar-refractivity contribution >= 4 is 38.2 Å². The van der Waals surface area contributed by atoms with Gasteiger partial charge in [0.1, 0.15) is 18.1 Å². The van der Waals surface area contributed by atoms with Crippen LogP contribution < -0.4 is 14.2 Å². The second-order valence-corrected chi connectivity index (χ2v) is 11.2. The summed E-state index contributed by atoms with van der Waals surface area (Å²) < 4.78 is 74.3. The highest BCUT2D eigenvalue weighted by atomic mass is 35.5. The standard InChI is InChI=1S/C27H22ClF3N2O5S/c28-19-6-4-17-5-7-21(32-24(17)12-19)15-37-22-8-9-25-23(13-22)26(34)18(14-38-25)10-16-2-1-3-20(11-16)33-39(35,36)27(29,30)31/h1-9,11-13,18,26,33-34H,10,14-15H2/t18-,26-/m1/s1. The predicted octanol–water partition coefficient (Wildman–Crippen LogP) is 6.01. The zero-order valence-corrected chi connectivity index (χ0v) is 21.7. The van der Waals surface area contributed by atoms with Crippen molar-refractivity contribution in [2.75, 3.05) is 11.3 Å². The molecule has 1 aliphatic rings. The van der Waals surface area contributed by atoms with E-state index >= 15 is 0 Å². The number of aliphatic hydroxyl groups is 1. The fourth-order valence-corrected chi connectivity index (χ4v) is 5.06. The van der Waals surface area contributed by atoms with Crippen molar-refractivity contribution in [1.82, 2.24) is 4.98 Å². The van der Waals surface area contributed by atoms with Crippen LogP contribution in [0.3, 0.4) is 0 Å². The first-order valence-corrected chi connectivity index (χ1v) is 13.7. The molecule has 0 aliphatic carbocycles. The van der Waals surface area contributed by atoms with Crippen LogP contribution in [0.1, 0.15) is 22.9 Å². The Balaban J connectivity index is 1.27. The number of alkyl halides is 3. The van der Waals surface area contributed by atoms with E-state index in [9.17, 15) is 26.7 Å². The SMILES string of the molecule is O=S(=O)(Nc1cccc(C[C@@H]2COc3ccc(OCc4ccc5ccc(Cl)cc5n4)cc3[C@@H]2O)c1)C(F)(F)F. The summed E-state index contributed by atoms with van der Waals surface area (Å²) in [5.41, 5.74) is -3.18. The van der Waals surface area contributed by atoms with Crippen molar-refractivity contribution in [3.05, 3.63) is 94.6 Å². The van der Waals surface area contributed by atoms with Crippen LogP contribution in [0.2, 0.25) is 5.02 Å². The summed E-state index contributed by atoms with van der Waals surface area (Å²) in [6.07, 6.45) is -0.717. The molecule has 0 saturated heterocycles. The Morgan fingerprint density at radius 3 is 2.67 bits per heavy atom. The van der Waals surface area contributed by atoms with Crippen molar-refractivity contribution in [3.8, 4) is 11.5 Å². The number of pyridine rings is 1. The molecule has 0 saturated carbocycles. The lowest BCUT2D eigenvalue weighted by atomic mass is 9.88. The molecule has 12 heteroatoms. The summed E-state index contributed by atoms with van der Waals surface area (Å²) in [6, 6.07) is 19.9. The first kappa shape index (κ1) is 27.0. The summed E-state index contributed by atoms with van der Waals surface area (Å²) in [6.45, 7) is 0.346. The Morgan fingerprint density at radius 2 is 1.87 bits per heavy atom. The van der Waals surface area contributed by atoms with Gasteiger partial charge >= 0.3 is 15.5 Å². The monoisotopic (exact) mass is 578 g/mol. The van der Waals surface area contributed by atoms with Crippen LogP contribution in [-0.2, 0) is 23.1 Å². The molecule has 0 fully saturated rings. The largest absolute Gasteiger partial charge is 0.516 e. The minimum Gasteiger partial charge on any atom is -0.493 e. The van der Waals surface area contributed by atoms with Crippen molar-refractivity contribution in [3.63, 3.8) is 0 Å². The van der Waals surface area contributed by atoms with Crippen molar-refractivity contribution < 1.29 is 36.2 Å². The van der Waals surface area contributed by atoms with Gasteiger partial charge in [0.15, 0.2) is 0 Å². The van der Waals surface area contributed by atoms with Gasteiger partial charge in [-0.05, 0) is 60.5 Å². The van der Waals surface area contributed by atoms with E-state index in [1.165, 1.54) is 22.9 Å². The molecule has 1 aliphatic heterocycles. The molecule has 0 unspecified atom stereocenters. The number of hydrogen-bond donors (Lipinski definition) is 2. The molecule has 39 heavy (non-hydrogen) atoms. The van der Waals surface area contributed by atoms with Gasteiger partial charge in [0.05, 0.1) is 23.9 Å². The first-order chi connectivity index (χ1) is 18.5. The van der Waals surface area contributed by atoms with Crippen LogP contribution in [0, 0.1) is 5.92 Å². The third kappa shape index (κ3) is 6.05. The van der Waals surface area contributed by atoms with Crippen LogP contribution in [0.4, 0.5) is 18.9 Å². The van der Waals surface area contributed by atoms with Gasteiger partial charge < -0.3 is 14.6 Å². The van der Waals surface area contributed by atoms with Gasteiger partial charge in [-0.1, -0.05) is 35.9 Å². The molecule has 3 aromatic carbocycles. The zero-order chi connectivity index (χ0) is 27.8. The maximum Gasteiger partial charge on any atom is 0.516 e. The number of nitrogens with zero attached hydrogens (tertiary/aromatic N) is 1. The minimum absolute atomic E-state index is 0.163. The maximum absolute atomic E-state index is 12.7. The molecule has 204 valence electrons. The van der Waals surface area contributed by atoms with E-state index in [1.54, 1.807) is 36.4 Å². The molecular formula is C27H22ClF3N2O5S. The van der Waals surface area contributed by atoms with Gasteiger partial charge in [-0.15, -0.1) is 0 Å². The molecule has 1 aromatic heterocycles. The predicted molar refractivity (Wildman–Crippen MR) is 140 cm³/mol. The topological polar surface area (TPSA) is 97.8 Å². The number of halogens is 4. The number of sulfonamides is 1. The highest BCUT2D eigenvalue weighted by molar-refractivity contribution is 7.93. The second-order valence-electron chi connectivity index (χ2n) is 9.10. The molecule has 2 atom stereocenters. The number of aliphatic hydroxyl groups excluding tert-OH is 1. The van der Waals surface area contributed by atoms with E-state index in [2.05, 4.69) is 4.98 Å². The summed E-state index contributed by atoms with van der Waals surface area (Å²) in [5, 5.41) is 12.6. The number of rotatable bonds is 7. The number of anilines is 1. The highest BCUT2D eigenvalue weighted by Gasteiger charge is 2.46. The second kappa shape index (κ2) is 10.6. The van der Waals surface area contributed by atoms with Gasteiger partial charge in [0, 0.05) is 27.6 Å². The van der Waals surface area contributed by atoms with E-state index in [0.717, 1.165) is 10.9 Å². The molecule has 0 radical (unpaired) electrons. The van der Waals surface area contributed by atoms with Crippen LogP contribution in [0.5, 0.6) is 11.5 Å². The summed E-state index contributed by atoms with van der Waals surface area (Å²) in [4.78, 5) is 4.57. The zero-order valence-electron chi connectivity index (χ0n) is 20.2. The number of hydrogen-bond acceptors (Lipinski definition) is 6. The number of nitrogens with one attached hydrogen (secondary N) is 1. The Labute approximate surface area is 227 Å². The normalized spacial score (nSPS) is 17.4. The molecule has 0 amide bonds. The fourth-order valence-electron chi connectivity index (χ4n) is 4.34. The van der Waals surface area contributed by atoms with Gasteiger partial charge in [-0.2, -0.15) is 21.6 Å². The average molecular weight is 579 g/mol. The lowest BCUT2D eigenvalue weighted by Gasteiger charge is -2.30. The van der Waals surface area contributed by atoms with Gasteiger partial charge in [-0.3, -0.25) is 4.72 Å². The summed E-state index contributed by atoms with van der Waals surface area (Å²) in [5.74, 6) is 0.555. The number of aromatic nitrogens is 1. The van der Waals surface area contributed by atoms with E-state index in [1.807, 2.05) is 18.2 Å². The van der Waals surface area contributed by atoms with E-state index < -0.39 is 27.6 Å².